The van der Waals surface area contributed by atoms with Gasteiger partial charge in [0.1, 0.15) is 11.3 Å². The van der Waals surface area contributed by atoms with Gasteiger partial charge in [-0.3, -0.25) is 14.9 Å². The van der Waals surface area contributed by atoms with Crippen LogP contribution in [0.2, 0.25) is 0 Å². The van der Waals surface area contributed by atoms with Crippen LogP contribution in [0.15, 0.2) is 12.1 Å². The Morgan fingerprint density at radius 3 is 2.56 bits per heavy atom. The van der Waals surface area contributed by atoms with Crippen LogP contribution in [-0.2, 0) is 0 Å². The number of rotatable bonds is 4. The Balaban J connectivity index is 3.60. The van der Waals surface area contributed by atoms with Gasteiger partial charge in [-0.2, -0.15) is 0 Å². The number of hydrogen-bond acceptors (Lipinski definition) is 5. The molecule has 1 rings (SSSR count). The van der Waals surface area contributed by atoms with Crippen molar-refractivity contribution < 1.29 is 24.4 Å². The minimum Gasteiger partial charge on any atom is -0.496 e. The lowest BCUT2D eigenvalue weighted by atomic mass is 10.1. The lowest BCUT2D eigenvalue weighted by Gasteiger charge is -2.04. The summed E-state index contributed by atoms with van der Waals surface area (Å²) in [6.45, 7) is 0. The van der Waals surface area contributed by atoms with Crippen molar-refractivity contribution in [2.75, 3.05) is 7.11 Å². The Bertz CT molecular complexity index is 467. The van der Waals surface area contributed by atoms with Gasteiger partial charge in [-0.05, 0) is 6.07 Å². The van der Waals surface area contributed by atoms with E-state index in [4.69, 9.17) is 9.84 Å². The van der Waals surface area contributed by atoms with E-state index in [0.29, 0.717) is 0 Å². The first-order valence-corrected chi connectivity index (χ1v) is 4.06. The molecule has 7 nitrogen and oxygen atoms in total. The van der Waals surface area contributed by atoms with Crippen molar-refractivity contribution in [3.8, 4) is 5.75 Å². The van der Waals surface area contributed by atoms with E-state index in [2.05, 4.69) is 0 Å². The number of nitro benzene ring substituents is 1. The fourth-order valence-electron chi connectivity index (χ4n) is 1.21. The summed E-state index contributed by atoms with van der Waals surface area (Å²) < 4.78 is 4.73. The molecule has 0 aromatic heterocycles. The highest BCUT2D eigenvalue weighted by Gasteiger charge is 2.25. The molecule has 0 atom stereocenters. The quantitative estimate of drug-likeness (QED) is 0.467. The largest absolute Gasteiger partial charge is 0.496 e. The van der Waals surface area contributed by atoms with E-state index in [-0.39, 0.29) is 17.6 Å². The van der Waals surface area contributed by atoms with Gasteiger partial charge in [0.25, 0.3) is 5.69 Å². The van der Waals surface area contributed by atoms with Crippen molar-refractivity contribution in [3.63, 3.8) is 0 Å². The number of benzene rings is 1. The summed E-state index contributed by atoms with van der Waals surface area (Å²) in [5, 5.41) is 19.4. The molecule has 0 bridgehead atoms. The Morgan fingerprint density at radius 1 is 1.56 bits per heavy atom. The minimum atomic E-state index is -1.53. The zero-order valence-electron chi connectivity index (χ0n) is 8.17. The van der Waals surface area contributed by atoms with Crippen LogP contribution in [-0.4, -0.2) is 29.4 Å². The maximum atomic E-state index is 10.8. The maximum Gasteiger partial charge on any atom is 0.343 e. The maximum absolute atomic E-state index is 10.8. The highest BCUT2D eigenvalue weighted by molar-refractivity contribution is 6.01. The van der Waals surface area contributed by atoms with Crippen molar-refractivity contribution in [3.05, 3.63) is 33.4 Å². The van der Waals surface area contributed by atoms with E-state index in [0.717, 1.165) is 12.1 Å². The number of carbonyl (C=O) groups is 2. The normalized spacial score (nSPS) is 9.56. The van der Waals surface area contributed by atoms with Crippen molar-refractivity contribution >= 4 is 17.9 Å². The predicted molar refractivity (Wildman–Crippen MR) is 52.0 cm³/mol. The van der Waals surface area contributed by atoms with Gasteiger partial charge in [-0.25, -0.2) is 4.79 Å². The van der Waals surface area contributed by atoms with Gasteiger partial charge >= 0.3 is 5.97 Å². The molecule has 1 N–H and O–H groups in total. The van der Waals surface area contributed by atoms with Crippen molar-refractivity contribution in [1.82, 2.24) is 0 Å². The van der Waals surface area contributed by atoms with Gasteiger partial charge in [-0.15, -0.1) is 0 Å². The highest BCUT2D eigenvalue weighted by Crippen LogP contribution is 2.27. The van der Waals surface area contributed by atoms with Crippen molar-refractivity contribution in [1.29, 1.82) is 0 Å². The number of carboxylic acids is 1. The Morgan fingerprint density at radius 2 is 2.19 bits per heavy atom. The summed E-state index contributed by atoms with van der Waals surface area (Å²) in [6.07, 6.45) is 0.235. The highest BCUT2D eigenvalue weighted by atomic mass is 16.6. The lowest BCUT2D eigenvalue weighted by molar-refractivity contribution is -0.385. The second kappa shape index (κ2) is 4.39. The predicted octanol–water partition coefficient (Wildman–Crippen LogP) is 1.11. The monoisotopic (exact) mass is 225 g/mol. The summed E-state index contributed by atoms with van der Waals surface area (Å²) in [7, 11) is 1.26. The number of nitrogens with zero attached hydrogens (tertiary/aromatic N) is 1. The van der Waals surface area contributed by atoms with Crippen molar-refractivity contribution in [2.45, 2.75) is 0 Å². The topological polar surface area (TPSA) is 107 Å². The first-order valence-electron chi connectivity index (χ1n) is 4.06. The second-order valence-electron chi connectivity index (χ2n) is 2.79. The summed E-state index contributed by atoms with van der Waals surface area (Å²) in [5.41, 5.74) is -1.60. The van der Waals surface area contributed by atoms with Gasteiger partial charge in [0.15, 0.2) is 6.29 Å². The third kappa shape index (κ3) is 1.97. The molecule has 84 valence electrons. The molecular formula is C9H7NO6. The molecule has 0 amide bonds. The van der Waals surface area contributed by atoms with Crippen LogP contribution in [0.25, 0.3) is 0 Å². The molecule has 1 aromatic carbocycles. The average molecular weight is 225 g/mol. The molecule has 0 saturated heterocycles. The molecule has 0 radical (unpaired) electrons. The molecule has 0 aliphatic heterocycles. The Kier molecular flexibility index (Phi) is 3.19. The van der Waals surface area contributed by atoms with Crippen LogP contribution in [0.1, 0.15) is 20.7 Å². The number of aldehydes is 1. The van der Waals surface area contributed by atoms with Gasteiger partial charge < -0.3 is 9.84 Å². The number of carbonyl (C=O) groups excluding carboxylic acids is 1. The van der Waals surface area contributed by atoms with E-state index in [1.54, 1.807) is 0 Å². The molecule has 0 spiro atoms. The molecule has 0 aliphatic carbocycles. The van der Waals surface area contributed by atoms with Gasteiger partial charge in [0.05, 0.1) is 18.1 Å². The number of nitro groups is 1. The third-order valence-corrected chi connectivity index (χ3v) is 1.89. The Hall–Kier alpha value is -2.44. The molecule has 0 heterocycles. The van der Waals surface area contributed by atoms with Crippen LogP contribution in [0.4, 0.5) is 5.69 Å². The third-order valence-electron chi connectivity index (χ3n) is 1.89. The molecular weight excluding hydrogens is 218 g/mol. The van der Waals surface area contributed by atoms with E-state index < -0.39 is 22.1 Å². The molecule has 0 fully saturated rings. The molecule has 0 saturated carbocycles. The fourth-order valence-corrected chi connectivity index (χ4v) is 1.21. The zero-order valence-corrected chi connectivity index (χ0v) is 8.17. The van der Waals surface area contributed by atoms with Crippen LogP contribution in [0, 0.1) is 10.1 Å². The Labute approximate surface area is 89.4 Å². The van der Waals surface area contributed by atoms with E-state index in [9.17, 15) is 19.7 Å². The van der Waals surface area contributed by atoms with Crippen LogP contribution in [0.5, 0.6) is 5.75 Å². The summed E-state index contributed by atoms with van der Waals surface area (Å²) >= 11 is 0. The summed E-state index contributed by atoms with van der Waals surface area (Å²) in [6, 6.07) is 2.08. The number of ether oxygens (including phenoxy) is 1. The lowest BCUT2D eigenvalue weighted by Crippen LogP contribution is -2.07. The molecule has 0 unspecified atom stereocenters. The zero-order chi connectivity index (χ0) is 12.3. The first-order chi connectivity index (χ1) is 7.51. The standard InChI is InChI=1S/C9H7NO6/c1-16-6-2-5(4-11)8(9(12)13)7(3-6)10(14)15/h2-4H,1H3,(H,12,13). The molecule has 1 aromatic rings. The van der Waals surface area contributed by atoms with Crippen LogP contribution in [0.3, 0.4) is 0 Å². The molecule has 0 aliphatic rings. The first kappa shape index (κ1) is 11.6. The number of aromatic carboxylic acids is 1. The summed E-state index contributed by atoms with van der Waals surface area (Å²) in [4.78, 5) is 31.2. The van der Waals surface area contributed by atoms with Gasteiger partial charge in [-0.1, -0.05) is 0 Å². The van der Waals surface area contributed by atoms with Gasteiger partial charge in [0.2, 0.25) is 0 Å². The SMILES string of the molecule is COc1cc(C=O)c(C(=O)O)c([N+](=O)[O-])c1. The van der Waals surface area contributed by atoms with Crippen LogP contribution < -0.4 is 4.74 Å². The fraction of sp³-hybridized carbons (Fsp3) is 0.111. The van der Waals surface area contributed by atoms with E-state index >= 15 is 0 Å². The molecule has 16 heavy (non-hydrogen) atoms. The average Bonchev–Trinajstić information content (AvgIpc) is 2.26. The van der Waals surface area contributed by atoms with E-state index in [1.165, 1.54) is 7.11 Å². The van der Waals surface area contributed by atoms with E-state index in [1.807, 2.05) is 0 Å². The van der Waals surface area contributed by atoms with Crippen LogP contribution >= 0.6 is 0 Å². The second-order valence-corrected chi connectivity index (χ2v) is 2.79. The number of carboxylic acid groups (broad SMARTS) is 1. The number of methoxy groups -OCH3 is 1. The van der Waals surface area contributed by atoms with Crippen molar-refractivity contribution in [2.24, 2.45) is 0 Å². The van der Waals surface area contributed by atoms with Gasteiger partial charge in [0, 0.05) is 5.56 Å². The smallest absolute Gasteiger partial charge is 0.343 e. The molecule has 7 heteroatoms. The number of hydrogen-bond donors (Lipinski definition) is 1. The minimum absolute atomic E-state index is 0.0544. The summed E-state index contributed by atoms with van der Waals surface area (Å²) in [5.74, 6) is -1.48.